The lowest BCUT2D eigenvalue weighted by molar-refractivity contribution is -0.128. The molecule has 0 radical (unpaired) electrons. The molecule has 1 aliphatic rings. The average molecular weight is 315 g/mol. The van der Waals surface area contributed by atoms with Crippen LogP contribution in [-0.2, 0) is 11.8 Å². The summed E-state index contributed by atoms with van der Waals surface area (Å²) in [5, 5.41) is 5.23. The number of hydrogen-bond acceptors (Lipinski definition) is 4. The number of fused-ring (bicyclic) bond motifs is 1. The minimum atomic E-state index is -0.0342. The van der Waals surface area contributed by atoms with Crippen LogP contribution in [0.15, 0.2) is 12.3 Å². The van der Waals surface area contributed by atoms with Crippen LogP contribution < -0.4 is 0 Å². The molecule has 23 heavy (non-hydrogen) atoms. The molecule has 1 saturated heterocycles. The third-order valence-corrected chi connectivity index (χ3v) is 4.34. The molecule has 0 saturated carbocycles. The van der Waals surface area contributed by atoms with Gasteiger partial charge in [0.1, 0.15) is 0 Å². The van der Waals surface area contributed by atoms with Crippen LogP contribution in [-0.4, -0.2) is 62.6 Å². The molecular weight excluding hydrogens is 294 g/mol. The standard InChI is InChI=1S/C16H21N5O2/c1-11-14-9-13(10-17-15(14)19(3)18-11)16(23)21-6-4-5-20(7-8-21)12(2)22/h9-10H,4-8H2,1-3H3. The van der Waals surface area contributed by atoms with Gasteiger partial charge in [-0.2, -0.15) is 5.10 Å². The number of hydrogen-bond donors (Lipinski definition) is 0. The summed E-state index contributed by atoms with van der Waals surface area (Å²) in [4.78, 5) is 32.2. The third-order valence-electron chi connectivity index (χ3n) is 4.34. The molecule has 122 valence electrons. The number of rotatable bonds is 1. The predicted molar refractivity (Wildman–Crippen MR) is 86.0 cm³/mol. The summed E-state index contributed by atoms with van der Waals surface area (Å²) in [7, 11) is 1.84. The number of pyridine rings is 1. The molecule has 0 unspecified atom stereocenters. The zero-order valence-corrected chi connectivity index (χ0v) is 13.7. The molecule has 1 fully saturated rings. The Kier molecular flexibility index (Phi) is 4.02. The van der Waals surface area contributed by atoms with E-state index in [4.69, 9.17) is 0 Å². The molecule has 0 aromatic carbocycles. The van der Waals surface area contributed by atoms with Crippen LogP contribution in [0.25, 0.3) is 11.0 Å². The molecule has 2 amide bonds. The van der Waals surface area contributed by atoms with Gasteiger partial charge in [0.15, 0.2) is 5.65 Å². The molecule has 7 heteroatoms. The molecule has 3 rings (SSSR count). The molecule has 0 spiro atoms. The highest BCUT2D eigenvalue weighted by Gasteiger charge is 2.22. The number of amides is 2. The molecule has 1 aliphatic heterocycles. The second kappa shape index (κ2) is 5.98. The van der Waals surface area contributed by atoms with Gasteiger partial charge in [-0.05, 0) is 19.4 Å². The van der Waals surface area contributed by atoms with Crippen LogP contribution in [0.3, 0.4) is 0 Å². The highest BCUT2D eigenvalue weighted by atomic mass is 16.2. The highest BCUT2D eigenvalue weighted by molar-refractivity contribution is 5.97. The smallest absolute Gasteiger partial charge is 0.255 e. The molecule has 0 N–H and O–H groups in total. The minimum Gasteiger partial charge on any atom is -0.341 e. The van der Waals surface area contributed by atoms with Crippen LogP contribution >= 0.6 is 0 Å². The van der Waals surface area contributed by atoms with E-state index >= 15 is 0 Å². The SMILES string of the molecule is CC(=O)N1CCCN(C(=O)c2cnc3c(c2)c(C)nn3C)CC1. The van der Waals surface area contributed by atoms with Crippen molar-refractivity contribution in [3.63, 3.8) is 0 Å². The monoisotopic (exact) mass is 315 g/mol. The Morgan fingerprint density at radius 2 is 1.83 bits per heavy atom. The van der Waals surface area contributed by atoms with Gasteiger partial charge in [-0.1, -0.05) is 0 Å². The normalized spacial score (nSPS) is 15.8. The molecular formula is C16H21N5O2. The molecule has 2 aromatic heterocycles. The number of aryl methyl sites for hydroxylation is 2. The van der Waals surface area contributed by atoms with Gasteiger partial charge in [0, 0.05) is 51.7 Å². The van der Waals surface area contributed by atoms with Gasteiger partial charge < -0.3 is 9.80 Å². The molecule has 0 aliphatic carbocycles. The average Bonchev–Trinajstić information content (AvgIpc) is 2.72. The van der Waals surface area contributed by atoms with Gasteiger partial charge >= 0.3 is 0 Å². The van der Waals surface area contributed by atoms with Crippen molar-refractivity contribution in [3.05, 3.63) is 23.5 Å². The van der Waals surface area contributed by atoms with Gasteiger partial charge in [0.25, 0.3) is 5.91 Å². The Bertz CT molecular complexity index is 767. The van der Waals surface area contributed by atoms with Gasteiger partial charge in [-0.25, -0.2) is 4.98 Å². The summed E-state index contributed by atoms with van der Waals surface area (Å²) in [6.07, 6.45) is 2.41. The summed E-state index contributed by atoms with van der Waals surface area (Å²) >= 11 is 0. The van der Waals surface area contributed by atoms with Crippen LogP contribution in [0.4, 0.5) is 0 Å². The van der Waals surface area contributed by atoms with E-state index in [1.807, 2.05) is 20.0 Å². The summed E-state index contributed by atoms with van der Waals surface area (Å²) in [6, 6.07) is 1.86. The fourth-order valence-electron chi connectivity index (χ4n) is 3.04. The largest absolute Gasteiger partial charge is 0.341 e. The van der Waals surface area contributed by atoms with E-state index < -0.39 is 0 Å². The van der Waals surface area contributed by atoms with E-state index in [9.17, 15) is 9.59 Å². The van der Waals surface area contributed by atoms with Crippen LogP contribution in [0, 0.1) is 6.92 Å². The van der Waals surface area contributed by atoms with E-state index in [-0.39, 0.29) is 11.8 Å². The zero-order chi connectivity index (χ0) is 16.6. The Balaban J connectivity index is 1.82. The van der Waals surface area contributed by atoms with E-state index in [1.54, 1.807) is 27.6 Å². The maximum Gasteiger partial charge on any atom is 0.255 e. The van der Waals surface area contributed by atoms with Crippen molar-refractivity contribution in [2.45, 2.75) is 20.3 Å². The Hall–Kier alpha value is -2.44. The predicted octanol–water partition coefficient (Wildman–Crippen LogP) is 0.971. The van der Waals surface area contributed by atoms with Crippen molar-refractivity contribution >= 4 is 22.8 Å². The van der Waals surface area contributed by atoms with Crippen molar-refractivity contribution in [3.8, 4) is 0 Å². The summed E-state index contributed by atoms with van der Waals surface area (Å²) in [5.41, 5.74) is 2.21. The number of nitrogens with zero attached hydrogens (tertiary/aromatic N) is 5. The van der Waals surface area contributed by atoms with Gasteiger partial charge in [-0.3, -0.25) is 14.3 Å². The quantitative estimate of drug-likeness (QED) is 0.786. The minimum absolute atomic E-state index is 0.0342. The lowest BCUT2D eigenvalue weighted by Crippen LogP contribution is -2.36. The second-order valence-corrected chi connectivity index (χ2v) is 5.96. The zero-order valence-electron chi connectivity index (χ0n) is 13.7. The van der Waals surface area contributed by atoms with E-state index in [0.717, 1.165) is 23.1 Å². The molecule has 0 bridgehead atoms. The van der Waals surface area contributed by atoms with Crippen molar-refractivity contribution in [1.29, 1.82) is 0 Å². The van der Waals surface area contributed by atoms with Crippen molar-refractivity contribution in [2.75, 3.05) is 26.2 Å². The number of aromatic nitrogens is 3. The van der Waals surface area contributed by atoms with Crippen molar-refractivity contribution in [2.24, 2.45) is 7.05 Å². The fourth-order valence-corrected chi connectivity index (χ4v) is 3.04. The number of carbonyl (C=O) groups is 2. The molecule has 2 aromatic rings. The summed E-state index contributed by atoms with van der Waals surface area (Å²) < 4.78 is 1.72. The fraction of sp³-hybridized carbons (Fsp3) is 0.500. The molecule has 3 heterocycles. The third kappa shape index (κ3) is 2.91. The van der Waals surface area contributed by atoms with Crippen LogP contribution in [0.2, 0.25) is 0 Å². The first kappa shape index (κ1) is 15.5. The van der Waals surface area contributed by atoms with Gasteiger partial charge in [0.2, 0.25) is 5.91 Å². The van der Waals surface area contributed by atoms with Crippen molar-refractivity contribution in [1.82, 2.24) is 24.6 Å². The van der Waals surface area contributed by atoms with E-state index in [0.29, 0.717) is 31.7 Å². The maximum absolute atomic E-state index is 12.7. The van der Waals surface area contributed by atoms with Gasteiger partial charge in [-0.15, -0.1) is 0 Å². The van der Waals surface area contributed by atoms with Crippen molar-refractivity contribution < 1.29 is 9.59 Å². The molecule has 7 nitrogen and oxygen atoms in total. The van der Waals surface area contributed by atoms with Gasteiger partial charge in [0.05, 0.1) is 11.3 Å². The second-order valence-electron chi connectivity index (χ2n) is 5.96. The molecule has 0 atom stereocenters. The lowest BCUT2D eigenvalue weighted by Gasteiger charge is -2.21. The van der Waals surface area contributed by atoms with Crippen LogP contribution in [0.5, 0.6) is 0 Å². The van der Waals surface area contributed by atoms with E-state index in [1.165, 1.54) is 0 Å². The Labute approximate surface area is 134 Å². The Morgan fingerprint density at radius 1 is 1.13 bits per heavy atom. The first-order valence-corrected chi connectivity index (χ1v) is 7.81. The van der Waals surface area contributed by atoms with Crippen LogP contribution in [0.1, 0.15) is 29.4 Å². The Morgan fingerprint density at radius 3 is 2.57 bits per heavy atom. The highest BCUT2D eigenvalue weighted by Crippen LogP contribution is 2.18. The first-order chi connectivity index (χ1) is 11.0. The number of carbonyl (C=O) groups excluding carboxylic acids is 2. The lowest BCUT2D eigenvalue weighted by atomic mass is 10.2. The first-order valence-electron chi connectivity index (χ1n) is 7.81. The topological polar surface area (TPSA) is 71.3 Å². The maximum atomic E-state index is 12.7. The summed E-state index contributed by atoms with van der Waals surface area (Å²) in [5.74, 6) is 0.0291. The van der Waals surface area contributed by atoms with E-state index in [2.05, 4.69) is 10.1 Å². The summed E-state index contributed by atoms with van der Waals surface area (Å²) in [6.45, 7) is 5.99.